The molecule has 0 aromatic rings. The maximum Gasteiger partial charge on any atom is 0.327 e. The van der Waals surface area contributed by atoms with Crippen LogP contribution in [0.15, 0.2) is 0 Å². The van der Waals surface area contributed by atoms with Crippen molar-refractivity contribution < 1.29 is 44.1 Å². The highest BCUT2D eigenvalue weighted by Crippen LogP contribution is 2.24. The van der Waals surface area contributed by atoms with E-state index in [1.807, 2.05) is 0 Å². The Hall–Kier alpha value is -3.02. The molecule has 156 valence electrons. The summed E-state index contributed by atoms with van der Waals surface area (Å²) in [6, 6.07) is -3.79. The molecule has 0 saturated carbocycles. The van der Waals surface area contributed by atoms with Crippen molar-refractivity contribution in [1.82, 2.24) is 10.2 Å². The highest BCUT2D eigenvalue weighted by atomic mass is 16.4. The lowest BCUT2D eigenvalue weighted by molar-refractivity contribution is -0.153. The summed E-state index contributed by atoms with van der Waals surface area (Å²) in [4.78, 5) is 70.5. The number of ketones is 1. The molecule has 12 nitrogen and oxygen atoms in total. The Kier molecular flexibility index (Phi) is 8.04. The zero-order valence-electron chi connectivity index (χ0n) is 15.2. The van der Waals surface area contributed by atoms with E-state index in [4.69, 9.17) is 15.9 Å². The number of Topliss-reactive ketones (excluding diaryl/α,β-unsaturated/α-hetero) is 1. The van der Waals surface area contributed by atoms with Crippen molar-refractivity contribution in [3.05, 3.63) is 0 Å². The second kappa shape index (κ2) is 9.78. The molecule has 0 aliphatic carbocycles. The molecule has 0 aromatic carbocycles. The smallest absolute Gasteiger partial charge is 0.327 e. The number of amides is 2. The second-order valence-electron chi connectivity index (χ2n) is 6.58. The van der Waals surface area contributed by atoms with Gasteiger partial charge in [-0.25, -0.2) is 4.79 Å². The fourth-order valence-electron chi connectivity index (χ4n) is 2.86. The summed E-state index contributed by atoms with van der Waals surface area (Å²) in [5.41, 5.74) is 5.43. The van der Waals surface area contributed by atoms with Crippen molar-refractivity contribution in [3.63, 3.8) is 0 Å². The Labute approximate surface area is 159 Å². The predicted molar refractivity (Wildman–Crippen MR) is 91.0 cm³/mol. The number of carbonyl (C=O) groups is 6. The van der Waals surface area contributed by atoms with E-state index in [0.29, 0.717) is 0 Å². The first-order valence-corrected chi connectivity index (χ1v) is 8.49. The van der Waals surface area contributed by atoms with Crippen LogP contribution in [0.1, 0.15) is 32.6 Å². The average Bonchev–Trinajstić information content (AvgIpc) is 2.96. The van der Waals surface area contributed by atoms with Crippen molar-refractivity contribution in [2.24, 2.45) is 11.7 Å². The first-order valence-electron chi connectivity index (χ1n) is 8.49. The number of hydrogen-bond donors (Lipinski definition) is 5. The van der Waals surface area contributed by atoms with Gasteiger partial charge in [0, 0.05) is 25.3 Å². The molecule has 0 unspecified atom stereocenters. The van der Waals surface area contributed by atoms with Crippen LogP contribution >= 0.6 is 0 Å². The number of carboxylic acids is 3. The number of carboxylic acid groups (broad SMARTS) is 3. The van der Waals surface area contributed by atoms with Crippen LogP contribution in [0.4, 0.5) is 0 Å². The van der Waals surface area contributed by atoms with Gasteiger partial charge in [-0.2, -0.15) is 0 Å². The third-order valence-corrected chi connectivity index (χ3v) is 4.31. The largest absolute Gasteiger partial charge is 0.481 e. The average molecular weight is 401 g/mol. The summed E-state index contributed by atoms with van der Waals surface area (Å²) >= 11 is 0. The van der Waals surface area contributed by atoms with Gasteiger partial charge in [0.15, 0.2) is 5.78 Å². The van der Waals surface area contributed by atoms with Crippen molar-refractivity contribution in [2.45, 2.75) is 50.7 Å². The van der Waals surface area contributed by atoms with Gasteiger partial charge in [0.2, 0.25) is 11.8 Å². The van der Waals surface area contributed by atoms with E-state index >= 15 is 0 Å². The summed E-state index contributed by atoms with van der Waals surface area (Å²) in [6.07, 6.45) is -1.84. The summed E-state index contributed by atoms with van der Waals surface area (Å²) in [5.74, 6) is -7.15. The van der Waals surface area contributed by atoms with Gasteiger partial charge in [-0.05, 0) is 13.3 Å². The third kappa shape index (κ3) is 6.30. The standard InChI is InChI=1S/C16H23N3O9/c1-7(17)15(26)18-9(2-3-12(21)22)14(25)8-4-11(20)19(6-8)10(16(27)28)5-13(23)24/h7-10H,2-6,17H2,1H3,(H,18,26)(H,21,22)(H,23,24)(H,27,28)/t7-,8-,9-,10-/m0/s1. The van der Waals surface area contributed by atoms with Gasteiger partial charge in [0.25, 0.3) is 0 Å². The van der Waals surface area contributed by atoms with Crippen molar-refractivity contribution in [1.29, 1.82) is 0 Å². The first kappa shape index (κ1) is 23.0. The number of carbonyl (C=O) groups excluding carboxylic acids is 3. The van der Waals surface area contributed by atoms with E-state index in [1.165, 1.54) is 6.92 Å². The van der Waals surface area contributed by atoms with Gasteiger partial charge in [-0.3, -0.25) is 24.0 Å². The van der Waals surface area contributed by atoms with Crippen LogP contribution in [0.3, 0.4) is 0 Å². The van der Waals surface area contributed by atoms with Crippen LogP contribution in [0.2, 0.25) is 0 Å². The Morgan fingerprint density at radius 2 is 1.79 bits per heavy atom. The van der Waals surface area contributed by atoms with E-state index in [9.17, 15) is 33.9 Å². The highest BCUT2D eigenvalue weighted by Gasteiger charge is 2.43. The molecule has 1 aliphatic heterocycles. The number of likely N-dealkylation sites (tertiary alicyclic amines) is 1. The Balaban J connectivity index is 2.95. The molecule has 1 fully saturated rings. The maximum atomic E-state index is 12.7. The molecule has 0 spiro atoms. The number of nitrogens with one attached hydrogen (secondary N) is 1. The predicted octanol–water partition coefficient (Wildman–Crippen LogP) is -1.97. The molecule has 1 rings (SSSR count). The van der Waals surface area contributed by atoms with E-state index in [-0.39, 0.29) is 19.4 Å². The zero-order chi connectivity index (χ0) is 21.6. The number of hydrogen-bond acceptors (Lipinski definition) is 7. The third-order valence-electron chi connectivity index (χ3n) is 4.31. The minimum Gasteiger partial charge on any atom is -0.481 e. The maximum absolute atomic E-state index is 12.7. The lowest BCUT2D eigenvalue weighted by atomic mass is 9.94. The Morgan fingerprint density at radius 1 is 1.18 bits per heavy atom. The fraction of sp³-hybridized carbons (Fsp3) is 0.625. The van der Waals surface area contributed by atoms with Crippen molar-refractivity contribution in [3.8, 4) is 0 Å². The van der Waals surface area contributed by atoms with Gasteiger partial charge in [-0.1, -0.05) is 0 Å². The molecule has 0 aromatic heterocycles. The molecule has 1 heterocycles. The Bertz CT molecular complexity index is 676. The second-order valence-corrected chi connectivity index (χ2v) is 6.58. The van der Waals surface area contributed by atoms with Crippen molar-refractivity contribution in [2.75, 3.05) is 6.54 Å². The molecule has 2 amide bonds. The lowest BCUT2D eigenvalue weighted by Crippen LogP contribution is -2.49. The van der Waals surface area contributed by atoms with E-state index < -0.39 is 72.4 Å². The lowest BCUT2D eigenvalue weighted by Gasteiger charge is -2.24. The molecule has 0 radical (unpaired) electrons. The highest BCUT2D eigenvalue weighted by molar-refractivity contribution is 5.97. The monoisotopic (exact) mass is 401 g/mol. The number of rotatable bonds is 11. The molecule has 1 aliphatic rings. The van der Waals surface area contributed by atoms with Crippen LogP contribution in [0, 0.1) is 5.92 Å². The molecule has 4 atom stereocenters. The first-order chi connectivity index (χ1) is 12.9. The van der Waals surface area contributed by atoms with E-state index in [2.05, 4.69) is 5.32 Å². The van der Waals surface area contributed by atoms with Crippen LogP contribution < -0.4 is 11.1 Å². The summed E-state index contributed by atoms with van der Waals surface area (Å²) in [5, 5.41) is 29.2. The number of nitrogens with two attached hydrogens (primary N) is 1. The van der Waals surface area contributed by atoms with Crippen molar-refractivity contribution >= 4 is 35.5 Å². The van der Waals surface area contributed by atoms with Crippen LogP contribution in [0.25, 0.3) is 0 Å². The van der Waals surface area contributed by atoms with Gasteiger partial charge < -0.3 is 31.3 Å². The normalized spacial score (nSPS) is 19.6. The van der Waals surface area contributed by atoms with E-state index in [0.717, 1.165) is 4.90 Å². The SMILES string of the molecule is C[C@H](N)C(=O)N[C@@H](CCC(=O)O)C(=O)[C@H]1CC(=O)N([C@@H](CC(=O)O)C(=O)O)C1. The molecule has 1 saturated heterocycles. The zero-order valence-corrected chi connectivity index (χ0v) is 15.2. The number of aliphatic carboxylic acids is 3. The van der Waals surface area contributed by atoms with Gasteiger partial charge in [0.05, 0.1) is 18.5 Å². The molecular formula is C16H23N3O9. The minimum absolute atomic E-state index is 0.227. The summed E-state index contributed by atoms with van der Waals surface area (Å²) < 4.78 is 0. The molecule has 28 heavy (non-hydrogen) atoms. The Morgan fingerprint density at radius 3 is 2.25 bits per heavy atom. The van der Waals surface area contributed by atoms with Crippen LogP contribution in [0.5, 0.6) is 0 Å². The number of nitrogens with zero attached hydrogens (tertiary/aromatic N) is 1. The van der Waals surface area contributed by atoms with Gasteiger partial charge in [-0.15, -0.1) is 0 Å². The van der Waals surface area contributed by atoms with Gasteiger partial charge in [0.1, 0.15) is 6.04 Å². The quantitative estimate of drug-likeness (QED) is 0.258. The summed E-state index contributed by atoms with van der Waals surface area (Å²) in [6.45, 7) is 1.04. The topological polar surface area (TPSA) is 204 Å². The molecule has 6 N–H and O–H groups in total. The van der Waals surface area contributed by atoms with Crippen LogP contribution in [-0.4, -0.2) is 80.4 Å². The van der Waals surface area contributed by atoms with E-state index in [1.54, 1.807) is 0 Å². The summed E-state index contributed by atoms with van der Waals surface area (Å²) in [7, 11) is 0. The fourth-order valence-corrected chi connectivity index (χ4v) is 2.86. The molecular weight excluding hydrogens is 378 g/mol. The molecule has 0 bridgehead atoms. The molecule has 12 heteroatoms. The van der Waals surface area contributed by atoms with Gasteiger partial charge >= 0.3 is 17.9 Å². The van der Waals surface area contributed by atoms with Crippen LogP contribution in [-0.2, 0) is 28.8 Å². The minimum atomic E-state index is -1.63.